The van der Waals surface area contributed by atoms with Crippen molar-refractivity contribution in [2.45, 2.75) is 109 Å². The third kappa shape index (κ3) is 9.06. The van der Waals surface area contributed by atoms with Gasteiger partial charge < -0.3 is 38.0 Å². The smallest absolute Gasteiger partial charge is 0.339 e. The van der Waals surface area contributed by atoms with Gasteiger partial charge in [0.2, 0.25) is 5.69 Å². The summed E-state index contributed by atoms with van der Waals surface area (Å²) in [7, 11) is 1.47. The Hall–Kier alpha value is -5.54. The number of carbonyl (C=O) groups is 3. The Morgan fingerprint density at radius 3 is 2.38 bits per heavy atom. The zero-order valence-electron chi connectivity index (χ0n) is 31.9. The number of hydrogen-bond acceptors (Lipinski definition) is 14. The number of esters is 3. The number of carbonyl (C=O) groups excluding carboxylic acids is 3. The van der Waals surface area contributed by atoms with Crippen LogP contribution in [0.2, 0.25) is 0 Å². The molecule has 0 saturated carbocycles. The number of hydrogen-bond donors (Lipinski definition) is 0. The van der Waals surface area contributed by atoms with Crippen molar-refractivity contribution in [1.82, 2.24) is 5.16 Å². The number of ether oxygens (including phenoxy) is 6. The molecule has 2 aliphatic heterocycles. The van der Waals surface area contributed by atoms with E-state index < -0.39 is 59.2 Å². The third-order valence-corrected chi connectivity index (χ3v) is 9.70. The summed E-state index contributed by atoms with van der Waals surface area (Å²) in [6.45, 7) is 10.1. The molecule has 0 N–H and O–H groups in total. The highest BCUT2D eigenvalue weighted by Gasteiger charge is 2.71. The SMILES string of the molecule is CC[C@H]1O[C@@]2(C)[C@H](OC(C)=O)[C@@]1(C)O[C@@H](/C=C/C=C/C=C/c1oc(=O)cc(OC)c1C)[C@@H]2OC(=O)CCCC(=O)OCc1c(-c2ccc(C)cc2)no[n+]1[O-]. The highest BCUT2D eigenvalue weighted by molar-refractivity contribution is 5.73. The Labute approximate surface area is 318 Å². The molecule has 4 heterocycles. The van der Waals surface area contributed by atoms with E-state index in [1.54, 1.807) is 62.4 Å². The second-order valence-electron chi connectivity index (χ2n) is 13.7. The Bertz CT molecular complexity index is 2010. The van der Waals surface area contributed by atoms with Crippen molar-refractivity contribution < 1.29 is 56.8 Å². The van der Waals surface area contributed by atoms with Gasteiger partial charge in [0.05, 0.1) is 19.3 Å². The van der Waals surface area contributed by atoms with Gasteiger partial charge in [-0.3, -0.25) is 19.0 Å². The maximum absolute atomic E-state index is 13.3. The predicted molar refractivity (Wildman–Crippen MR) is 195 cm³/mol. The average Bonchev–Trinajstić information content (AvgIpc) is 3.58. The van der Waals surface area contributed by atoms with E-state index in [0.29, 0.717) is 29.1 Å². The van der Waals surface area contributed by atoms with Crippen LogP contribution in [0.15, 0.2) is 74.6 Å². The summed E-state index contributed by atoms with van der Waals surface area (Å²) < 4.78 is 45.4. The van der Waals surface area contributed by atoms with Gasteiger partial charge in [0, 0.05) is 36.0 Å². The molecule has 5 rings (SSSR count). The molecule has 55 heavy (non-hydrogen) atoms. The first-order valence-corrected chi connectivity index (χ1v) is 17.9. The van der Waals surface area contributed by atoms with Gasteiger partial charge in [0.25, 0.3) is 5.69 Å². The van der Waals surface area contributed by atoms with Crippen LogP contribution in [0.1, 0.15) is 76.0 Å². The van der Waals surface area contributed by atoms with E-state index in [4.69, 9.17) is 37.5 Å². The lowest BCUT2D eigenvalue weighted by atomic mass is 9.77. The molecule has 3 aromatic rings. The summed E-state index contributed by atoms with van der Waals surface area (Å²) in [5, 5.41) is 16.0. The van der Waals surface area contributed by atoms with Gasteiger partial charge in [0.15, 0.2) is 18.8 Å². The summed E-state index contributed by atoms with van der Waals surface area (Å²) in [4.78, 5) is 50.3. The van der Waals surface area contributed by atoms with Crippen molar-refractivity contribution in [3.05, 3.63) is 98.9 Å². The van der Waals surface area contributed by atoms with Crippen molar-refractivity contribution in [2.75, 3.05) is 7.11 Å². The molecule has 0 amide bonds. The van der Waals surface area contributed by atoms with E-state index >= 15 is 0 Å². The van der Waals surface area contributed by atoms with E-state index in [1.165, 1.54) is 20.1 Å². The van der Waals surface area contributed by atoms with E-state index in [0.717, 1.165) is 5.56 Å². The molecule has 2 saturated heterocycles. The van der Waals surface area contributed by atoms with Crippen LogP contribution < -0.4 is 15.3 Å². The summed E-state index contributed by atoms with van der Waals surface area (Å²) in [6.07, 6.45) is 7.26. The standard InChI is InChI=1S/C40H46N2O13/c1-8-32-39(5)38(50-26(4)43)40(6,54-32)37(30(53-39)15-12-10-9-11-14-29-25(3)31(48-7)22-35(46)51-29)52-34(45)17-13-16-33(44)49-23-28-36(41-55-42(28)47)27-20-18-24(2)19-21-27/h9-12,14-15,18-22,30,32,37-38H,8,13,16-17,23H2,1-7H3/b10-9+,14-11+,15-12+/t30-,32+,37-,38+,39-,40+/m0/s1. The molecule has 1 aromatic carbocycles. The second kappa shape index (κ2) is 17.3. The van der Waals surface area contributed by atoms with Crippen LogP contribution in [0.4, 0.5) is 0 Å². The zero-order valence-corrected chi connectivity index (χ0v) is 31.9. The van der Waals surface area contributed by atoms with Crippen LogP contribution in [0, 0.1) is 19.1 Å². The number of methoxy groups -OCH3 is 1. The highest BCUT2D eigenvalue weighted by Crippen LogP contribution is 2.52. The van der Waals surface area contributed by atoms with Gasteiger partial charge in [-0.1, -0.05) is 67.1 Å². The highest BCUT2D eigenvalue weighted by atomic mass is 16.8. The van der Waals surface area contributed by atoms with Gasteiger partial charge in [-0.25, -0.2) is 4.79 Å². The molecule has 0 aliphatic carbocycles. The minimum absolute atomic E-state index is 0.0312. The molecule has 2 aromatic heterocycles. The van der Waals surface area contributed by atoms with E-state index in [9.17, 15) is 24.4 Å². The predicted octanol–water partition coefficient (Wildman–Crippen LogP) is 5.16. The fourth-order valence-corrected chi connectivity index (χ4v) is 6.96. The molecular weight excluding hydrogens is 716 g/mol. The molecule has 0 radical (unpaired) electrons. The molecule has 15 nitrogen and oxygen atoms in total. The van der Waals surface area contributed by atoms with Gasteiger partial charge in [-0.2, -0.15) is 0 Å². The topological polar surface area (TPSA) is 190 Å². The fourth-order valence-electron chi connectivity index (χ4n) is 6.96. The van der Waals surface area contributed by atoms with E-state index in [1.807, 2.05) is 32.9 Å². The van der Waals surface area contributed by atoms with Crippen molar-refractivity contribution >= 4 is 24.0 Å². The molecule has 15 heteroatoms. The number of benzene rings is 1. The fraction of sp³-hybridized carbons (Fsp3) is 0.450. The summed E-state index contributed by atoms with van der Waals surface area (Å²) in [5.74, 6) is -1.05. The lowest BCUT2D eigenvalue weighted by Gasteiger charge is -2.48. The van der Waals surface area contributed by atoms with Crippen LogP contribution in [-0.2, 0) is 44.7 Å². The Morgan fingerprint density at radius 1 is 0.982 bits per heavy atom. The first-order valence-electron chi connectivity index (χ1n) is 17.9. The second-order valence-corrected chi connectivity index (χ2v) is 13.7. The van der Waals surface area contributed by atoms with E-state index in [2.05, 4.69) is 5.16 Å². The molecule has 2 bridgehead atoms. The molecule has 294 valence electrons. The summed E-state index contributed by atoms with van der Waals surface area (Å²) >= 11 is 0. The van der Waals surface area contributed by atoms with Crippen LogP contribution >= 0.6 is 0 Å². The molecule has 2 fully saturated rings. The van der Waals surface area contributed by atoms with Crippen LogP contribution in [-0.4, -0.2) is 65.8 Å². The summed E-state index contributed by atoms with van der Waals surface area (Å²) in [6, 6.07) is 8.54. The first kappa shape index (κ1) is 40.6. The molecule has 2 aliphatic rings. The number of allylic oxidation sites excluding steroid dienone is 4. The Kier molecular flexibility index (Phi) is 12.8. The minimum Gasteiger partial charge on any atom is -0.496 e. The number of fused-ring (bicyclic) bond motifs is 2. The van der Waals surface area contributed by atoms with Crippen molar-refractivity contribution in [2.24, 2.45) is 0 Å². The van der Waals surface area contributed by atoms with Gasteiger partial charge in [-0.15, -0.1) is 0 Å². The number of nitrogens with zero attached hydrogens (tertiary/aromatic N) is 2. The average molecular weight is 763 g/mol. The maximum Gasteiger partial charge on any atom is 0.339 e. The lowest BCUT2D eigenvalue weighted by molar-refractivity contribution is -0.808. The molecule has 0 unspecified atom stereocenters. The molecule has 0 spiro atoms. The van der Waals surface area contributed by atoms with E-state index in [-0.39, 0.29) is 42.2 Å². The van der Waals surface area contributed by atoms with Gasteiger partial charge in [0.1, 0.15) is 28.8 Å². The van der Waals surface area contributed by atoms with Crippen LogP contribution in [0.25, 0.3) is 17.3 Å². The number of rotatable bonds is 15. The van der Waals surface area contributed by atoms with Gasteiger partial charge >= 0.3 is 23.5 Å². The lowest BCUT2D eigenvalue weighted by Crippen LogP contribution is -2.66. The Morgan fingerprint density at radius 2 is 1.69 bits per heavy atom. The Balaban J connectivity index is 1.25. The van der Waals surface area contributed by atoms with Crippen molar-refractivity contribution in [3.63, 3.8) is 0 Å². The van der Waals surface area contributed by atoms with Crippen LogP contribution in [0.5, 0.6) is 5.75 Å². The van der Waals surface area contributed by atoms with Crippen molar-refractivity contribution in [1.29, 1.82) is 0 Å². The van der Waals surface area contributed by atoms with Crippen LogP contribution in [0.3, 0.4) is 0 Å². The first-order chi connectivity index (χ1) is 26.2. The zero-order chi connectivity index (χ0) is 39.9. The quantitative estimate of drug-likeness (QED) is 0.0854. The number of aryl methyl sites for hydroxylation is 1. The van der Waals surface area contributed by atoms with Gasteiger partial charge in [-0.05, 0) is 51.5 Å². The third-order valence-electron chi connectivity index (χ3n) is 9.70. The largest absolute Gasteiger partial charge is 0.496 e. The van der Waals surface area contributed by atoms with Crippen molar-refractivity contribution in [3.8, 4) is 17.0 Å². The minimum atomic E-state index is -1.28. The summed E-state index contributed by atoms with van der Waals surface area (Å²) in [5.41, 5.74) is -0.279. The molecular formula is C40H46N2O13. The number of aromatic nitrogens is 2. The monoisotopic (exact) mass is 762 g/mol. The normalized spacial score (nSPS) is 24.8. The maximum atomic E-state index is 13.3. The molecule has 6 atom stereocenters.